The Balaban J connectivity index is 2.76. The van der Waals surface area contributed by atoms with E-state index in [0.29, 0.717) is 5.39 Å². The number of nitrogens with two attached hydrogens (primary N) is 1. The first-order valence-corrected chi connectivity index (χ1v) is 4.38. The molecule has 2 aromatic rings. The molecule has 0 spiro atoms. The van der Waals surface area contributed by atoms with Crippen molar-refractivity contribution in [1.29, 1.82) is 0 Å². The second-order valence-electron chi connectivity index (χ2n) is 3.32. The molecule has 0 saturated heterocycles. The summed E-state index contributed by atoms with van der Waals surface area (Å²) in [5.74, 6) is -0.879. The minimum Gasteiger partial charge on any atom is -0.366 e. The molecule has 6 heteroatoms. The smallest absolute Gasteiger partial charge is 0.366 e. The first-order chi connectivity index (χ1) is 7.39. The van der Waals surface area contributed by atoms with E-state index in [9.17, 15) is 18.0 Å². The van der Waals surface area contributed by atoms with E-state index >= 15 is 0 Å². The van der Waals surface area contributed by atoms with Crippen LogP contribution in [0.3, 0.4) is 0 Å². The van der Waals surface area contributed by atoms with Gasteiger partial charge < -0.3 is 10.7 Å². The molecule has 0 aliphatic carbocycles. The second kappa shape index (κ2) is 3.26. The fraction of sp³-hybridized carbons (Fsp3) is 0.100. The molecule has 2 rings (SSSR count). The predicted molar refractivity (Wildman–Crippen MR) is 51.8 cm³/mol. The van der Waals surface area contributed by atoms with Crippen molar-refractivity contribution in [2.45, 2.75) is 6.18 Å². The highest BCUT2D eigenvalue weighted by Crippen LogP contribution is 2.32. The number of hydrogen-bond donors (Lipinski definition) is 2. The maximum absolute atomic E-state index is 12.5. The number of rotatable bonds is 1. The number of fused-ring (bicyclic) bond motifs is 1. The van der Waals surface area contributed by atoms with Gasteiger partial charge in [-0.15, -0.1) is 0 Å². The first kappa shape index (κ1) is 10.5. The summed E-state index contributed by atoms with van der Waals surface area (Å²) in [6, 6.07) is 3.22. The zero-order valence-electron chi connectivity index (χ0n) is 7.93. The van der Waals surface area contributed by atoms with E-state index in [-0.39, 0.29) is 11.1 Å². The first-order valence-electron chi connectivity index (χ1n) is 4.38. The fourth-order valence-electron chi connectivity index (χ4n) is 1.53. The summed E-state index contributed by atoms with van der Waals surface area (Å²) in [5, 5.41) is 0.389. The largest absolute Gasteiger partial charge is 0.416 e. The van der Waals surface area contributed by atoms with E-state index in [1.54, 1.807) is 0 Å². The number of primary amides is 1. The van der Waals surface area contributed by atoms with E-state index in [1.807, 2.05) is 0 Å². The number of carbonyl (C=O) groups is 1. The van der Waals surface area contributed by atoms with Crippen molar-refractivity contribution in [1.82, 2.24) is 4.98 Å². The zero-order chi connectivity index (χ0) is 11.9. The van der Waals surface area contributed by atoms with Crippen molar-refractivity contribution in [3.8, 4) is 0 Å². The molecule has 1 aromatic carbocycles. The molecule has 1 amide bonds. The van der Waals surface area contributed by atoms with Crippen LogP contribution in [-0.4, -0.2) is 10.9 Å². The molecule has 0 saturated carbocycles. The van der Waals surface area contributed by atoms with Crippen molar-refractivity contribution in [3.05, 3.63) is 35.5 Å². The van der Waals surface area contributed by atoms with Crippen LogP contribution in [-0.2, 0) is 6.18 Å². The predicted octanol–water partition coefficient (Wildman–Crippen LogP) is 2.29. The van der Waals surface area contributed by atoms with Crippen LogP contribution >= 0.6 is 0 Å². The number of nitrogens with one attached hydrogen (secondary N) is 1. The fourth-order valence-corrected chi connectivity index (χ4v) is 1.53. The Labute approximate surface area is 88.1 Å². The van der Waals surface area contributed by atoms with Gasteiger partial charge in [0.15, 0.2) is 0 Å². The number of amides is 1. The van der Waals surface area contributed by atoms with Crippen molar-refractivity contribution in [2.24, 2.45) is 5.73 Å². The third-order valence-electron chi connectivity index (χ3n) is 2.26. The third-order valence-corrected chi connectivity index (χ3v) is 2.26. The van der Waals surface area contributed by atoms with Gasteiger partial charge in [0.2, 0.25) is 5.91 Å². The van der Waals surface area contributed by atoms with Crippen LogP contribution in [0.5, 0.6) is 0 Å². The lowest BCUT2D eigenvalue weighted by Crippen LogP contribution is -2.14. The van der Waals surface area contributed by atoms with Gasteiger partial charge in [-0.25, -0.2) is 0 Å². The van der Waals surface area contributed by atoms with E-state index in [1.165, 1.54) is 12.3 Å². The molecule has 3 nitrogen and oxygen atoms in total. The highest BCUT2D eigenvalue weighted by atomic mass is 19.4. The number of hydrogen-bond acceptors (Lipinski definition) is 1. The van der Waals surface area contributed by atoms with E-state index in [2.05, 4.69) is 4.98 Å². The lowest BCUT2D eigenvalue weighted by molar-refractivity contribution is -0.137. The summed E-state index contributed by atoms with van der Waals surface area (Å²) in [5.41, 5.74) is 4.24. The molecule has 0 radical (unpaired) electrons. The summed E-state index contributed by atoms with van der Waals surface area (Å²) >= 11 is 0. The summed E-state index contributed by atoms with van der Waals surface area (Å²) < 4.78 is 37.5. The maximum Gasteiger partial charge on any atom is 0.416 e. The molecule has 84 valence electrons. The SMILES string of the molecule is NC(=O)c1cc(C(F)(F)F)cc2[nH]ccc12. The number of alkyl halides is 3. The molecule has 0 atom stereocenters. The Kier molecular flexibility index (Phi) is 2.15. The van der Waals surface area contributed by atoms with Gasteiger partial charge in [0.1, 0.15) is 0 Å². The van der Waals surface area contributed by atoms with Crippen LogP contribution in [0.25, 0.3) is 10.9 Å². The topological polar surface area (TPSA) is 58.9 Å². The summed E-state index contributed by atoms with van der Waals surface area (Å²) in [4.78, 5) is 13.7. The highest BCUT2D eigenvalue weighted by Gasteiger charge is 2.32. The van der Waals surface area contributed by atoms with Gasteiger partial charge in [-0.3, -0.25) is 4.79 Å². The lowest BCUT2D eigenvalue weighted by Gasteiger charge is -2.08. The maximum atomic E-state index is 12.5. The van der Waals surface area contributed by atoms with Gasteiger partial charge in [-0.1, -0.05) is 0 Å². The van der Waals surface area contributed by atoms with Gasteiger partial charge in [0.25, 0.3) is 0 Å². The van der Waals surface area contributed by atoms with Gasteiger partial charge in [-0.05, 0) is 18.2 Å². The Morgan fingerprint density at radius 3 is 2.56 bits per heavy atom. The molecule has 1 aromatic heterocycles. The molecule has 1 heterocycles. The van der Waals surface area contributed by atoms with Crippen LogP contribution in [0.1, 0.15) is 15.9 Å². The number of aromatic amines is 1. The van der Waals surface area contributed by atoms with Crippen molar-refractivity contribution in [3.63, 3.8) is 0 Å². The van der Waals surface area contributed by atoms with Gasteiger partial charge >= 0.3 is 6.18 Å². The molecule has 0 fully saturated rings. The van der Waals surface area contributed by atoms with Crippen LogP contribution in [0.2, 0.25) is 0 Å². The monoisotopic (exact) mass is 228 g/mol. The normalized spacial score (nSPS) is 11.9. The van der Waals surface area contributed by atoms with Crippen molar-refractivity contribution in [2.75, 3.05) is 0 Å². The van der Waals surface area contributed by atoms with Crippen LogP contribution in [0, 0.1) is 0 Å². The summed E-state index contributed by atoms with van der Waals surface area (Å²) in [6.45, 7) is 0. The lowest BCUT2D eigenvalue weighted by atomic mass is 10.1. The van der Waals surface area contributed by atoms with Gasteiger partial charge in [-0.2, -0.15) is 13.2 Å². The third kappa shape index (κ3) is 1.62. The number of halogens is 3. The van der Waals surface area contributed by atoms with Gasteiger partial charge in [0, 0.05) is 22.7 Å². The number of carbonyl (C=O) groups excluding carboxylic acids is 1. The quantitative estimate of drug-likeness (QED) is 0.772. The molecule has 0 bridgehead atoms. The minimum atomic E-state index is -4.50. The second-order valence-corrected chi connectivity index (χ2v) is 3.32. The minimum absolute atomic E-state index is 0.133. The van der Waals surface area contributed by atoms with Crippen molar-refractivity contribution < 1.29 is 18.0 Å². The summed E-state index contributed by atoms with van der Waals surface area (Å²) in [6.07, 6.45) is -3.04. The average Bonchev–Trinajstić information content (AvgIpc) is 2.61. The number of aromatic nitrogens is 1. The molecule has 3 N–H and O–H groups in total. The summed E-state index contributed by atoms with van der Waals surface area (Å²) in [7, 11) is 0. The Bertz CT molecular complexity index is 557. The molecule has 16 heavy (non-hydrogen) atoms. The zero-order valence-corrected chi connectivity index (χ0v) is 7.93. The van der Waals surface area contributed by atoms with E-state index in [0.717, 1.165) is 12.1 Å². The standard InChI is InChI=1S/C10H7F3N2O/c11-10(12,13)5-3-7(9(14)16)6-1-2-15-8(6)4-5/h1-4,15H,(H2,14,16). The van der Waals surface area contributed by atoms with Crippen molar-refractivity contribution >= 4 is 16.8 Å². The van der Waals surface area contributed by atoms with Crippen LogP contribution in [0.4, 0.5) is 13.2 Å². The molecule has 0 aliphatic heterocycles. The molecule has 0 aliphatic rings. The Morgan fingerprint density at radius 2 is 2.00 bits per heavy atom. The van der Waals surface area contributed by atoms with Crippen LogP contribution < -0.4 is 5.73 Å². The Morgan fingerprint density at radius 1 is 1.31 bits per heavy atom. The van der Waals surface area contributed by atoms with Gasteiger partial charge in [0.05, 0.1) is 5.56 Å². The van der Waals surface area contributed by atoms with E-state index in [4.69, 9.17) is 5.73 Å². The number of benzene rings is 1. The molecular formula is C10H7F3N2O. The Hall–Kier alpha value is -1.98. The highest BCUT2D eigenvalue weighted by molar-refractivity contribution is 6.06. The molecular weight excluding hydrogens is 221 g/mol. The average molecular weight is 228 g/mol. The van der Waals surface area contributed by atoms with Crippen LogP contribution in [0.15, 0.2) is 24.4 Å². The molecule has 0 unspecified atom stereocenters. The number of H-pyrrole nitrogens is 1. The van der Waals surface area contributed by atoms with E-state index < -0.39 is 17.6 Å².